The molecule has 0 saturated heterocycles. The second-order valence-corrected chi connectivity index (χ2v) is 4.25. The van der Waals surface area contributed by atoms with Crippen LogP contribution >= 0.6 is 0 Å². The molecule has 0 aromatic carbocycles. The molecule has 0 aromatic rings. The van der Waals surface area contributed by atoms with Crippen molar-refractivity contribution in [3.05, 3.63) is 11.6 Å². The number of carbonyl (C=O) groups is 2. The topological polar surface area (TPSA) is 74.6 Å². The fourth-order valence-electron chi connectivity index (χ4n) is 1.99. The van der Waals surface area contributed by atoms with Crippen LogP contribution in [0.4, 0.5) is 0 Å². The summed E-state index contributed by atoms with van der Waals surface area (Å²) in [7, 11) is 0. The number of hydrogen-bond acceptors (Lipinski definition) is 2. The lowest BCUT2D eigenvalue weighted by Gasteiger charge is -2.12. The van der Waals surface area contributed by atoms with Gasteiger partial charge in [0.1, 0.15) is 0 Å². The molecule has 4 nitrogen and oxygen atoms in total. The Morgan fingerprint density at radius 1 is 1.06 bits per heavy atom. The van der Waals surface area contributed by atoms with Gasteiger partial charge >= 0.3 is 11.9 Å². The smallest absolute Gasteiger partial charge is 0.331 e. The van der Waals surface area contributed by atoms with E-state index in [1.807, 2.05) is 0 Å². The maximum absolute atomic E-state index is 10.9. The highest BCUT2D eigenvalue weighted by molar-refractivity contribution is 5.87. The molecule has 0 radical (unpaired) electrons. The molecule has 90 valence electrons. The van der Waals surface area contributed by atoms with Gasteiger partial charge in [0.25, 0.3) is 0 Å². The van der Waals surface area contributed by atoms with Crippen LogP contribution in [0.25, 0.3) is 0 Å². The summed E-state index contributed by atoms with van der Waals surface area (Å²) in [5.74, 6) is -2.53. The lowest BCUT2D eigenvalue weighted by atomic mass is 9.93. The van der Waals surface area contributed by atoms with Crippen molar-refractivity contribution in [3.8, 4) is 0 Å². The molecule has 1 rings (SSSR count). The molecule has 0 aromatic heterocycles. The number of rotatable bonds is 2. The number of carboxylic acids is 2. The molecule has 0 bridgehead atoms. The van der Waals surface area contributed by atoms with Gasteiger partial charge in [-0.2, -0.15) is 0 Å². The summed E-state index contributed by atoms with van der Waals surface area (Å²) < 4.78 is 0. The van der Waals surface area contributed by atoms with Crippen LogP contribution in [0.15, 0.2) is 11.6 Å². The van der Waals surface area contributed by atoms with Crippen LogP contribution in [-0.2, 0) is 9.59 Å². The third-order valence-corrected chi connectivity index (χ3v) is 2.96. The van der Waals surface area contributed by atoms with E-state index in [1.54, 1.807) is 0 Å². The maximum Gasteiger partial charge on any atom is 0.331 e. The average Bonchev–Trinajstić information content (AvgIpc) is 2.24. The standard InChI is InChI=1S/C12H18O4/c13-11(14)9-6-4-2-1-3-5-7-10(8-9)12(15)16/h8-9H,1-7H2,(H,13,14)(H,15,16)/b10-8+. The molecule has 16 heavy (non-hydrogen) atoms. The molecule has 1 aliphatic carbocycles. The van der Waals surface area contributed by atoms with Crippen molar-refractivity contribution < 1.29 is 19.8 Å². The van der Waals surface area contributed by atoms with E-state index in [2.05, 4.69) is 0 Å². The van der Waals surface area contributed by atoms with E-state index in [-0.39, 0.29) is 5.57 Å². The molecule has 1 aliphatic rings. The van der Waals surface area contributed by atoms with E-state index < -0.39 is 17.9 Å². The normalized spacial score (nSPS) is 26.5. The van der Waals surface area contributed by atoms with Crippen LogP contribution in [0.3, 0.4) is 0 Å². The molecule has 1 unspecified atom stereocenters. The zero-order valence-corrected chi connectivity index (χ0v) is 9.32. The summed E-state index contributed by atoms with van der Waals surface area (Å²) in [4.78, 5) is 21.9. The second-order valence-electron chi connectivity index (χ2n) is 4.25. The monoisotopic (exact) mass is 226 g/mol. The molecule has 0 heterocycles. The lowest BCUT2D eigenvalue weighted by molar-refractivity contribution is -0.140. The largest absolute Gasteiger partial charge is 0.481 e. The predicted molar refractivity (Wildman–Crippen MR) is 59.2 cm³/mol. The Balaban J connectivity index is 2.80. The molecule has 0 saturated carbocycles. The first kappa shape index (κ1) is 12.7. The van der Waals surface area contributed by atoms with Crippen molar-refractivity contribution in [3.63, 3.8) is 0 Å². The quantitative estimate of drug-likeness (QED) is 0.758. The van der Waals surface area contributed by atoms with Gasteiger partial charge in [-0.3, -0.25) is 4.79 Å². The Labute approximate surface area is 95.0 Å². The Bertz CT molecular complexity index is 293. The van der Waals surface area contributed by atoms with Gasteiger partial charge in [0.05, 0.1) is 5.92 Å². The first-order chi connectivity index (χ1) is 7.61. The molecule has 2 N–H and O–H groups in total. The van der Waals surface area contributed by atoms with Crippen LogP contribution in [-0.4, -0.2) is 22.2 Å². The van der Waals surface area contributed by atoms with E-state index in [1.165, 1.54) is 6.08 Å². The van der Waals surface area contributed by atoms with Crippen LogP contribution in [0.2, 0.25) is 0 Å². The van der Waals surface area contributed by atoms with Crippen LogP contribution in [0.5, 0.6) is 0 Å². The third kappa shape index (κ3) is 4.04. The fourth-order valence-corrected chi connectivity index (χ4v) is 1.99. The summed E-state index contributed by atoms with van der Waals surface area (Å²) in [5, 5.41) is 17.9. The van der Waals surface area contributed by atoms with E-state index in [4.69, 9.17) is 10.2 Å². The molecule has 0 amide bonds. The number of carboxylic acid groups (broad SMARTS) is 2. The Hall–Kier alpha value is -1.32. The average molecular weight is 226 g/mol. The molecular weight excluding hydrogens is 208 g/mol. The van der Waals surface area contributed by atoms with E-state index in [0.29, 0.717) is 12.8 Å². The summed E-state index contributed by atoms with van der Waals surface area (Å²) in [6.07, 6.45) is 7.30. The lowest BCUT2D eigenvalue weighted by Crippen LogP contribution is -2.14. The first-order valence-corrected chi connectivity index (χ1v) is 5.78. The second kappa shape index (κ2) is 6.30. The van der Waals surface area contributed by atoms with Crippen molar-refractivity contribution in [2.24, 2.45) is 5.92 Å². The highest BCUT2D eigenvalue weighted by Gasteiger charge is 2.18. The van der Waals surface area contributed by atoms with Gasteiger partial charge in [-0.05, 0) is 19.3 Å². The summed E-state index contributed by atoms with van der Waals surface area (Å²) >= 11 is 0. The first-order valence-electron chi connectivity index (χ1n) is 5.78. The minimum absolute atomic E-state index is 0.259. The zero-order chi connectivity index (χ0) is 12.0. The Morgan fingerprint density at radius 3 is 2.31 bits per heavy atom. The molecule has 0 spiro atoms. The minimum Gasteiger partial charge on any atom is -0.481 e. The van der Waals surface area contributed by atoms with Gasteiger partial charge in [-0.15, -0.1) is 0 Å². The van der Waals surface area contributed by atoms with Crippen LogP contribution in [0.1, 0.15) is 44.9 Å². The van der Waals surface area contributed by atoms with Gasteiger partial charge in [0, 0.05) is 5.57 Å². The molecular formula is C12H18O4. The number of hydrogen-bond donors (Lipinski definition) is 2. The maximum atomic E-state index is 10.9. The summed E-state index contributed by atoms with van der Waals surface area (Å²) in [6.45, 7) is 0. The van der Waals surface area contributed by atoms with Gasteiger partial charge in [-0.1, -0.05) is 31.8 Å². The highest BCUT2D eigenvalue weighted by atomic mass is 16.4. The number of aliphatic carboxylic acids is 2. The molecule has 0 aliphatic heterocycles. The van der Waals surface area contributed by atoms with E-state index >= 15 is 0 Å². The fraction of sp³-hybridized carbons (Fsp3) is 0.667. The van der Waals surface area contributed by atoms with Crippen molar-refractivity contribution in [2.75, 3.05) is 0 Å². The van der Waals surface area contributed by atoms with Crippen molar-refractivity contribution in [1.82, 2.24) is 0 Å². The molecule has 4 heteroatoms. The van der Waals surface area contributed by atoms with Gasteiger partial charge in [-0.25, -0.2) is 4.79 Å². The highest BCUT2D eigenvalue weighted by Crippen LogP contribution is 2.21. The minimum atomic E-state index is -0.980. The predicted octanol–water partition coefficient (Wildman–Crippen LogP) is 2.44. The van der Waals surface area contributed by atoms with Crippen LogP contribution < -0.4 is 0 Å². The van der Waals surface area contributed by atoms with Gasteiger partial charge < -0.3 is 10.2 Å². The summed E-state index contributed by atoms with van der Waals surface area (Å²) in [5.41, 5.74) is 0.259. The SMILES string of the molecule is O=C(O)/C1=C/C(C(=O)O)CCCCCCC1. The third-order valence-electron chi connectivity index (χ3n) is 2.96. The van der Waals surface area contributed by atoms with Gasteiger partial charge in [0.2, 0.25) is 0 Å². The zero-order valence-electron chi connectivity index (χ0n) is 9.32. The van der Waals surface area contributed by atoms with Crippen molar-refractivity contribution in [1.29, 1.82) is 0 Å². The van der Waals surface area contributed by atoms with Crippen LogP contribution in [0, 0.1) is 5.92 Å². The molecule has 0 fully saturated rings. The van der Waals surface area contributed by atoms with Crippen molar-refractivity contribution in [2.45, 2.75) is 44.9 Å². The van der Waals surface area contributed by atoms with Gasteiger partial charge in [0.15, 0.2) is 0 Å². The Kier molecular flexibility index (Phi) is 5.02. The van der Waals surface area contributed by atoms with E-state index in [0.717, 1.165) is 32.1 Å². The van der Waals surface area contributed by atoms with E-state index in [9.17, 15) is 9.59 Å². The van der Waals surface area contributed by atoms with Crippen molar-refractivity contribution >= 4 is 11.9 Å². The molecule has 1 atom stereocenters. The summed E-state index contributed by atoms with van der Waals surface area (Å²) in [6, 6.07) is 0. The Morgan fingerprint density at radius 2 is 1.69 bits per heavy atom.